The molecule has 2 rings (SSSR count). The van der Waals surface area contributed by atoms with Gasteiger partial charge in [0.2, 0.25) is 0 Å². The van der Waals surface area contributed by atoms with Gasteiger partial charge in [0.15, 0.2) is 0 Å². The van der Waals surface area contributed by atoms with E-state index >= 15 is 0 Å². The monoisotopic (exact) mass is 290 g/mol. The van der Waals surface area contributed by atoms with E-state index < -0.39 is 10.9 Å². The summed E-state index contributed by atoms with van der Waals surface area (Å²) in [6.45, 7) is 2.32. The Kier molecular flexibility index (Phi) is 4.57. The average Bonchev–Trinajstić information content (AvgIpc) is 2.46. The largest absolute Gasteiger partial charge is 0.478 e. The van der Waals surface area contributed by atoms with E-state index in [9.17, 15) is 14.9 Å². The fraction of sp³-hybridized carbons (Fsp3) is 0.400. The number of nitro benzene ring substituents is 1. The van der Waals surface area contributed by atoms with Crippen LogP contribution in [0.5, 0.6) is 0 Å². The van der Waals surface area contributed by atoms with E-state index in [0.29, 0.717) is 23.7 Å². The molecule has 1 atom stereocenters. The van der Waals surface area contributed by atoms with Gasteiger partial charge in [-0.1, -0.05) is 12.2 Å². The molecule has 1 aliphatic carbocycles. The van der Waals surface area contributed by atoms with Crippen LogP contribution in [0.4, 0.5) is 11.4 Å². The zero-order valence-electron chi connectivity index (χ0n) is 11.8. The summed E-state index contributed by atoms with van der Waals surface area (Å²) < 4.78 is 0. The maximum absolute atomic E-state index is 11.1. The Balaban J connectivity index is 2.22. The Hall–Kier alpha value is -2.37. The lowest BCUT2D eigenvalue weighted by molar-refractivity contribution is -0.385. The van der Waals surface area contributed by atoms with E-state index in [1.54, 1.807) is 6.92 Å². The number of hydrogen-bond acceptors (Lipinski definition) is 4. The summed E-state index contributed by atoms with van der Waals surface area (Å²) in [5.74, 6) is -0.691. The van der Waals surface area contributed by atoms with Gasteiger partial charge in [-0.2, -0.15) is 0 Å². The van der Waals surface area contributed by atoms with E-state index in [1.807, 2.05) is 0 Å². The fourth-order valence-corrected chi connectivity index (χ4v) is 2.49. The summed E-state index contributed by atoms with van der Waals surface area (Å²) in [6, 6.07) is 2.57. The second-order valence-corrected chi connectivity index (χ2v) is 5.26. The highest BCUT2D eigenvalue weighted by Gasteiger charge is 2.19. The molecule has 6 nitrogen and oxygen atoms in total. The Morgan fingerprint density at radius 3 is 2.81 bits per heavy atom. The van der Waals surface area contributed by atoms with Crippen LogP contribution in [0.25, 0.3) is 0 Å². The van der Waals surface area contributed by atoms with Gasteiger partial charge in [-0.05, 0) is 38.2 Å². The molecule has 1 unspecified atom stereocenters. The number of nitrogens with one attached hydrogen (secondary N) is 1. The maximum atomic E-state index is 11.1. The van der Waals surface area contributed by atoms with Crippen molar-refractivity contribution in [2.75, 3.05) is 11.9 Å². The summed E-state index contributed by atoms with van der Waals surface area (Å²) in [5.41, 5.74) is 0.756. The predicted molar refractivity (Wildman–Crippen MR) is 79.8 cm³/mol. The zero-order valence-corrected chi connectivity index (χ0v) is 11.8. The molecule has 2 N–H and O–H groups in total. The van der Waals surface area contributed by atoms with Crippen LogP contribution >= 0.6 is 0 Å². The molecule has 21 heavy (non-hydrogen) atoms. The third-order valence-corrected chi connectivity index (χ3v) is 3.78. The highest BCUT2D eigenvalue weighted by Crippen LogP contribution is 2.29. The molecule has 0 bridgehead atoms. The lowest BCUT2D eigenvalue weighted by atomic mass is 9.94. The third-order valence-electron chi connectivity index (χ3n) is 3.78. The second kappa shape index (κ2) is 6.39. The number of hydrogen-bond donors (Lipinski definition) is 2. The van der Waals surface area contributed by atoms with E-state index in [2.05, 4.69) is 17.5 Å². The number of carbonyl (C=O) groups is 1. The SMILES string of the molecule is Cc1c(NCC2CC=CCC2)cc(C(=O)O)cc1[N+](=O)[O-]. The molecular formula is C15H18N2O4. The van der Waals surface area contributed by atoms with E-state index in [1.165, 1.54) is 6.07 Å². The van der Waals surface area contributed by atoms with Gasteiger partial charge in [-0.3, -0.25) is 10.1 Å². The molecule has 6 heteroatoms. The minimum Gasteiger partial charge on any atom is -0.478 e. The number of rotatable bonds is 5. The van der Waals surface area contributed by atoms with E-state index in [4.69, 9.17) is 5.11 Å². The summed E-state index contributed by atoms with van der Waals surface area (Å²) in [7, 11) is 0. The van der Waals surface area contributed by atoms with Crippen molar-refractivity contribution < 1.29 is 14.8 Å². The fourth-order valence-electron chi connectivity index (χ4n) is 2.49. The molecule has 1 aromatic rings. The first-order chi connectivity index (χ1) is 9.99. The molecule has 112 valence electrons. The maximum Gasteiger partial charge on any atom is 0.336 e. The third kappa shape index (κ3) is 3.59. The molecule has 0 amide bonds. The van der Waals surface area contributed by atoms with Crippen molar-refractivity contribution in [3.8, 4) is 0 Å². The van der Waals surface area contributed by atoms with Crippen LogP contribution in [0.2, 0.25) is 0 Å². The minimum atomic E-state index is -1.17. The van der Waals surface area contributed by atoms with Gasteiger partial charge < -0.3 is 10.4 Å². The van der Waals surface area contributed by atoms with Crippen molar-refractivity contribution >= 4 is 17.3 Å². The molecule has 0 aliphatic heterocycles. The number of nitrogens with zero attached hydrogens (tertiary/aromatic N) is 1. The van der Waals surface area contributed by atoms with Crippen LogP contribution in [-0.4, -0.2) is 22.5 Å². The van der Waals surface area contributed by atoms with Crippen LogP contribution in [-0.2, 0) is 0 Å². The van der Waals surface area contributed by atoms with Gasteiger partial charge in [0.05, 0.1) is 10.5 Å². The van der Waals surface area contributed by atoms with Crippen LogP contribution in [0.3, 0.4) is 0 Å². The minimum absolute atomic E-state index is 0.0710. The normalized spacial score (nSPS) is 17.5. The molecule has 0 spiro atoms. The number of benzene rings is 1. The molecule has 0 heterocycles. The second-order valence-electron chi connectivity index (χ2n) is 5.26. The molecule has 0 saturated carbocycles. The first-order valence-corrected chi connectivity index (χ1v) is 6.90. The lowest BCUT2D eigenvalue weighted by Gasteiger charge is -2.19. The van der Waals surface area contributed by atoms with Crippen LogP contribution in [0.1, 0.15) is 35.2 Å². The van der Waals surface area contributed by atoms with Gasteiger partial charge in [-0.15, -0.1) is 0 Å². The zero-order chi connectivity index (χ0) is 15.4. The summed E-state index contributed by atoms with van der Waals surface area (Å²) in [4.78, 5) is 21.6. The summed E-state index contributed by atoms with van der Waals surface area (Å²) in [6.07, 6.45) is 7.38. The van der Waals surface area contributed by atoms with Crippen LogP contribution < -0.4 is 5.32 Å². The number of carboxylic acids is 1. The number of anilines is 1. The lowest BCUT2D eigenvalue weighted by Crippen LogP contribution is -2.16. The Morgan fingerprint density at radius 2 is 2.24 bits per heavy atom. The topological polar surface area (TPSA) is 92.5 Å². The first-order valence-electron chi connectivity index (χ1n) is 6.90. The number of allylic oxidation sites excluding steroid dienone is 2. The Bertz CT molecular complexity index is 596. The van der Waals surface area contributed by atoms with Crippen molar-refractivity contribution in [1.29, 1.82) is 0 Å². The van der Waals surface area contributed by atoms with Crippen molar-refractivity contribution in [3.05, 3.63) is 45.5 Å². The van der Waals surface area contributed by atoms with Crippen molar-refractivity contribution in [1.82, 2.24) is 0 Å². The smallest absolute Gasteiger partial charge is 0.336 e. The summed E-state index contributed by atoms with van der Waals surface area (Å²) >= 11 is 0. The standard InChI is InChI=1S/C15H18N2O4/c1-10-13(16-9-11-5-3-2-4-6-11)7-12(15(18)19)8-14(10)17(20)21/h2-3,7-8,11,16H,4-6,9H2,1H3,(H,18,19). The molecule has 1 aromatic carbocycles. The van der Waals surface area contributed by atoms with Crippen molar-refractivity contribution in [2.45, 2.75) is 26.2 Å². The first kappa shape index (κ1) is 15.0. The van der Waals surface area contributed by atoms with Gasteiger partial charge >= 0.3 is 5.97 Å². The highest BCUT2D eigenvalue weighted by atomic mass is 16.6. The molecule has 0 radical (unpaired) electrons. The number of carboxylic acid groups (broad SMARTS) is 1. The number of aromatic carboxylic acids is 1. The Labute approximate surface area is 122 Å². The van der Waals surface area contributed by atoms with Crippen LogP contribution in [0, 0.1) is 23.0 Å². The van der Waals surface area contributed by atoms with Gasteiger partial charge in [0.1, 0.15) is 0 Å². The van der Waals surface area contributed by atoms with Gasteiger partial charge in [0.25, 0.3) is 5.69 Å². The highest BCUT2D eigenvalue weighted by molar-refractivity contribution is 5.90. The molecule has 0 saturated heterocycles. The van der Waals surface area contributed by atoms with E-state index in [-0.39, 0.29) is 11.3 Å². The van der Waals surface area contributed by atoms with Crippen LogP contribution in [0.15, 0.2) is 24.3 Å². The molecule has 0 aromatic heterocycles. The molecular weight excluding hydrogens is 272 g/mol. The van der Waals surface area contributed by atoms with Crippen molar-refractivity contribution in [3.63, 3.8) is 0 Å². The van der Waals surface area contributed by atoms with Gasteiger partial charge in [-0.25, -0.2) is 4.79 Å². The Morgan fingerprint density at radius 1 is 1.48 bits per heavy atom. The number of nitro groups is 1. The predicted octanol–water partition coefficient (Wildman–Crippen LogP) is 3.37. The summed E-state index contributed by atoms with van der Waals surface area (Å²) in [5, 5.41) is 23.3. The quantitative estimate of drug-likeness (QED) is 0.492. The van der Waals surface area contributed by atoms with Gasteiger partial charge in [0, 0.05) is 23.9 Å². The van der Waals surface area contributed by atoms with E-state index in [0.717, 1.165) is 25.3 Å². The van der Waals surface area contributed by atoms with Crippen molar-refractivity contribution in [2.24, 2.45) is 5.92 Å². The molecule has 1 aliphatic rings. The molecule has 0 fully saturated rings. The average molecular weight is 290 g/mol.